The first-order valence-electron chi connectivity index (χ1n) is 5.95. The quantitative estimate of drug-likeness (QED) is 0.587. The standard InChI is InChI=1S/C11H18N2O4/c14-7-11(3-5-17-6-4-11)13-10(16)8-1-2-9(15)12-8/h8,14H,1-7H2,(H,12,15)(H,13,16)/t8-/m1/s1. The summed E-state index contributed by atoms with van der Waals surface area (Å²) >= 11 is 0. The topological polar surface area (TPSA) is 87.7 Å². The van der Waals surface area contributed by atoms with Gasteiger partial charge >= 0.3 is 0 Å². The fourth-order valence-electron chi connectivity index (χ4n) is 2.24. The molecule has 1 atom stereocenters. The van der Waals surface area contributed by atoms with Gasteiger partial charge in [-0.2, -0.15) is 0 Å². The molecule has 0 saturated carbocycles. The second-order valence-electron chi connectivity index (χ2n) is 4.70. The lowest BCUT2D eigenvalue weighted by Crippen LogP contribution is -2.58. The Morgan fingerprint density at radius 2 is 2.24 bits per heavy atom. The number of amides is 2. The van der Waals surface area contributed by atoms with E-state index in [1.807, 2.05) is 0 Å². The van der Waals surface area contributed by atoms with E-state index in [9.17, 15) is 14.7 Å². The zero-order valence-electron chi connectivity index (χ0n) is 9.70. The molecule has 2 heterocycles. The maximum absolute atomic E-state index is 11.9. The first-order chi connectivity index (χ1) is 8.15. The molecule has 2 fully saturated rings. The second kappa shape index (κ2) is 5.01. The lowest BCUT2D eigenvalue weighted by atomic mass is 9.90. The van der Waals surface area contributed by atoms with Crippen LogP contribution in [0.3, 0.4) is 0 Å². The first-order valence-corrected chi connectivity index (χ1v) is 5.95. The van der Waals surface area contributed by atoms with Crippen LogP contribution in [-0.2, 0) is 14.3 Å². The van der Waals surface area contributed by atoms with Gasteiger partial charge in [-0.05, 0) is 19.3 Å². The molecule has 2 amide bonds. The largest absolute Gasteiger partial charge is 0.394 e. The van der Waals surface area contributed by atoms with Crippen LogP contribution in [-0.4, -0.2) is 48.3 Å². The number of aliphatic hydroxyl groups excluding tert-OH is 1. The number of rotatable bonds is 3. The highest BCUT2D eigenvalue weighted by Gasteiger charge is 2.37. The highest BCUT2D eigenvalue weighted by molar-refractivity contribution is 5.91. The lowest BCUT2D eigenvalue weighted by Gasteiger charge is -2.37. The van der Waals surface area contributed by atoms with Crippen molar-refractivity contribution in [3.05, 3.63) is 0 Å². The van der Waals surface area contributed by atoms with Crippen LogP contribution in [0.1, 0.15) is 25.7 Å². The molecule has 0 unspecified atom stereocenters. The van der Waals surface area contributed by atoms with Crippen LogP contribution in [0.4, 0.5) is 0 Å². The fraction of sp³-hybridized carbons (Fsp3) is 0.818. The number of ether oxygens (including phenoxy) is 1. The molecule has 0 aliphatic carbocycles. The van der Waals surface area contributed by atoms with Gasteiger partial charge in [0.15, 0.2) is 0 Å². The summed E-state index contributed by atoms with van der Waals surface area (Å²) < 4.78 is 5.22. The molecule has 0 radical (unpaired) electrons. The third-order valence-electron chi connectivity index (χ3n) is 3.45. The second-order valence-corrected chi connectivity index (χ2v) is 4.70. The summed E-state index contributed by atoms with van der Waals surface area (Å²) in [6, 6.07) is -0.450. The van der Waals surface area contributed by atoms with E-state index >= 15 is 0 Å². The molecule has 2 aliphatic heterocycles. The Balaban J connectivity index is 1.93. The zero-order chi connectivity index (χ0) is 12.3. The molecule has 2 saturated heterocycles. The lowest BCUT2D eigenvalue weighted by molar-refractivity contribution is -0.129. The average Bonchev–Trinajstić information content (AvgIpc) is 2.77. The number of hydrogen-bond donors (Lipinski definition) is 3. The number of hydrogen-bond acceptors (Lipinski definition) is 4. The minimum absolute atomic E-state index is 0.0878. The highest BCUT2D eigenvalue weighted by Crippen LogP contribution is 2.20. The summed E-state index contributed by atoms with van der Waals surface area (Å²) in [6.07, 6.45) is 2.14. The minimum atomic E-state index is -0.581. The molecular formula is C11H18N2O4. The average molecular weight is 242 g/mol. The fourth-order valence-corrected chi connectivity index (χ4v) is 2.24. The summed E-state index contributed by atoms with van der Waals surface area (Å²) in [6.45, 7) is 0.985. The molecule has 2 rings (SSSR count). The van der Waals surface area contributed by atoms with Gasteiger partial charge < -0.3 is 20.5 Å². The SMILES string of the molecule is O=C1CC[C@H](C(=O)NC2(CO)CCOCC2)N1. The molecule has 3 N–H and O–H groups in total. The van der Waals surface area contributed by atoms with Crippen molar-refractivity contribution in [2.24, 2.45) is 0 Å². The summed E-state index contributed by atoms with van der Waals surface area (Å²) in [5.74, 6) is -0.290. The van der Waals surface area contributed by atoms with E-state index in [2.05, 4.69) is 10.6 Å². The normalized spacial score (nSPS) is 27.6. The van der Waals surface area contributed by atoms with E-state index in [1.54, 1.807) is 0 Å². The predicted octanol–water partition coefficient (Wildman–Crippen LogP) is -1.08. The van der Waals surface area contributed by atoms with Crippen LogP contribution in [0.5, 0.6) is 0 Å². The number of aliphatic hydroxyl groups is 1. The van der Waals surface area contributed by atoms with Gasteiger partial charge in [0.25, 0.3) is 0 Å². The van der Waals surface area contributed by atoms with Gasteiger partial charge in [0.2, 0.25) is 11.8 Å². The number of nitrogens with one attached hydrogen (secondary N) is 2. The molecule has 0 spiro atoms. The maximum Gasteiger partial charge on any atom is 0.243 e. The van der Waals surface area contributed by atoms with Crippen molar-refractivity contribution in [2.75, 3.05) is 19.8 Å². The third kappa shape index (κ3) is 2.76. The van der Waals surface area contributed by atoms with Gasteiger partial charge in [0.05, 0.1) is 12.1 Å². The molecule has 6 nitrogen and oxygen atoms in total. The Morgan fingerprint density at radius 1 is 1.53 bits per heavy atom. The molecule has 96 valence electrons. The van der Waals surface area contributed by atoms with Crippen LogP contribution < -0.4 is 10.6 Å². The highest BCUT2D eigenvalue weighted by atomic mass is 16.5. The number of carbonyl (C=O) groups excluding carboxylic acids is 2. The smallest absolute Gasteiger partial charge is 0.243 e. The first kappa shape index (κ1) is 12.3. The van der Waals surface area contributed by atoms with Gasteiger partial charge in [-0.1, -0.05) is 0 Å². The Labute approximate surface area is 99.7 Å². The Hall–Kier alpha value is -1.14. The van der Waals surface area contributed by atoms with Crippen molar-refractivity contribution >= 4 is 11.8 Å². The Kier molecular flexibility index (Phi) is 3.63. The summed E-state index contributed by atoms with van der Waals surface area (Å²) in [5, 5.41) is 14.9. The molecule has 0 aromatic rings. The zero-order valence-corrected chi connectivity index (χ0v) is 9.70. The summed E-state index contributed by atoms with van der Waals surface area (Å²) in [5.41, 5.74) is -0.581. The van der Waals surface area contributed by atoms with Crippen LogP contribution in [0, 0.1) is 0 Å². The summed E-state index contributed by atoms with van der Waals surface area (Å²) in [7, 11) is 0. The molecule has 6 heteroatoms. The van der Waals surface area contributed by atoms with Gasteiger partial charge in [-0.3, -0.25) is 9.59 Å². The number of carbonyl (C=O) groups is 2. The van der Waals surface area contributed by atoms with E-state index < -0.39 is 11.6 Å². The van der Waals surface area contributed by atoms with Crippen molar-refractivity contribution in [3.8, 4) is 0 Å². The molecule has 0 aromatic heterocycles. The van der Waals surface area contributed by atoms with Crippen LogP contribution in [0.25, 0.3) is 0 Å². The minimum Gasteiger partial charge on any atom is -0.394 e. The molecule has 0 aromatic carbocycles. The predicted molar refractivity (Wildman–Crippen MR) is 59.2 cm³/mol. The Morgan fingerprint density at radius 3 is 2.76 bits per heavy atom. The van der Waals surface area contributed by atoms with Crippen LogP contribution in [0.2, 0.25) is 0 Å². The van der Waals surface area contributed by atoms with E-state index in [0.717, 1.165) is 0 Å². The van der Waals surface area contributed by atoms with E-state index in [1.165, 1.54) is 0 Å². The molecule has 0 bridgehead atoms. The van der Waals surface area contributed by atoms with Gasteiger partial charge in [0.1, 0.15) is 6.04 Å². The van der Waals surface area contributed by atoms with Crippen molar-refractivity contribution < 1.29 is 19.4 Å². The van der Waals surface area contributed by atoms with E-state index in [0.29, 0.717) is 38.9 Å². The van der Waals surface area contributed by atoms with Crippen LogP contribution >= 0.6 is 0 Å². The Bertz CT molecular complexity index is 313. The van der Waals surface area contributed by atoms with Crippen molar-refractivity contribution in [1.82, 2.24) is 10.6 Å². The van der Waals surface area contributed by atoms with Gasteiger partial charge in [-0.25, -0.2) is 0 Å². The van der Waals surface area contributed by atoms with Crippen LogP contribution in [0.15, 0.2) is 0 Å². The molecule has 2 aliphatic rings. The van der Waals surface area contributed by atoms with Gasteiger partial charge in [0, 0.05) is 19.6 Å². The monoisotopic (exact) mass is 242 g/mol. The van der Waals surface area contributed by atoms with E-state index in [4.69, 9.17) is 4.74 Å². The van der Waals surface area contributed by atoms with Crippen molar-refractivity contribution in [2.45, 2.75) is 37.3 Å². The van der Waals surface area contributed by atoms with Crippen molar-refractivity contribution in [3.63, 3.8) is 0 Å². The van der Waals surface area contributed by atoms with Crippen molar-refractivity contribution in [1.29, 1.82) is 0 Å². The molecule has 17 heavy (non-hydrogen) atoms. The van der Waals surface area contributed by atoms with E-state index in [-0.39, 0.29) is 18.4 Å². The maximum atomic E-state index is 11.9. The summed E-state index contributed by atoms with van der Waals surface area (Å²) in [4.78, 5) is 23.0. The van der Waals surface area contributed by atoms with Gasteiger partial charge in [-0.15, -0.1) is 0 Å². The molecular weight excluding hydrogens is 224 g/mol. The third-order valence-corrected chi connectivity index (χ3v) is 3.45.